The molecule has 0 aliphatic rings. The molecule has 0 fully saturated rings. The van der Waals surface area contributed by atoms with E-state index in [0.29, 0.717) is 34.9 Å². The Labute approximate surface area is 198 Å². The van der Waals surface area contributed by atoms with Gasteiger partial charge in [0.1, 0.15) is 16.7 Å². The summed E-state index contributed by atoms with van der Waals surface area (Å²) in [5.74, 6) is 1.36. The fraction of sp³-hybridized carbons (Fsp3) is 0.458. The van der Waals surface area contributed by atoms with Gasteiger partial charge in [-0.3, -0.25) is 19.1 Å². The van der Waals surface area contributed by atoms with E-state index in [-0.39, 0.29) is 11.5 Å². The number of aromatic nitrogens is 2. The van der Waals surface area contributed by atoms with E-state index in [2.05, 4.69) is 24.1 Å². The number of hydrogen-bond donors (Lipinski definition) is 1. The number of carbonyl (C=O) groups is 1. The number of amides is 1. The van der Waals surface area contributed by atoms with Gasteiger partial charge in [0.05, 0.1) is 26.2 Å². The highest BCUT2D eigenvalue weighted by molar-refractivity contribution is 7.18. The Morgan fingerprint density at radius 3 is 2.45 bits per heavy atom. The zero-order valence-electron chi connectivity index (χ0n) is 20.3. The summed E-state index contributed by atoms with van der Waals surface area (Å²) >= 11 is 1.52. The van der Waals surface area contributed by atoms with Gasteiger partial charge in [-0.25, -0.2) is 4.98 Å². The molecule has 0 saturated carbocycles. The molecule has 178 valence electrons. The monoisotopic (exact) mass is 472 g/mol. The van der Waals surface area contributed by atoms with Crippen LogP contribution in [0.3, 0.4) is 0 Å². The first-order chi connectivity index (χ1) is 15.7. The lowest BCUT2D eigenvalue weighted by atomic mass is 10.2. The van der Waals surface area contributed by atoms with Crippen molar-refractivity contribution in [1.82, 2.24) is 14.5 Å². The fourth-order valence-electron chi connectivity index (χ4n) is 3.78. The van der Waals surface area contributed by atoms with Crippen LogP contribution in [0.5, 0.6) is 11.5 Å². The molecule has 33 heavy (non-hydrogen) atoms. The largest absolute Gasteiger partial charge is 0.493 e. The molecule has 1 aromatic carbocycles. The Morgan fingerprint density at radius 2 is 1.85 bits per heavy atom. The van der Waals surface area contributed by atoms with Crippen LogP contribution in [0.15, 0.2) is 23.0 Å². The molecule has 3 aromatic rings. The van der Waals surface area contributed by atoms with E-state index in [4.69, 9.17) is 14.5 Å². The third-order valence-corrected chi connectivity index (χ3v) is 7.09. The van der Waals surface area contributed by atoms with Gasteiger partial charge < -0.3 is 14.8 Å². The zero-order valence-corrected chi connectivity index (χ0v) is 21.1. The van der Waals surface area contributed by atoms with Crippen molar-refractivity contribution in [2.24, 2.45) is 0 Å². The molecule has 2 heterocycles. The van der Waals surface area contributed by atoms with Crippen LogP contribution in [0.1, 0.15) is 43.1 Å². The molecule has 9 heteroatoms. The van der Waals surface area contributed by atoms with Crippen LogP contribution in [0, 0.1) is 13.8 Å². The molecule has 1 N–H and O–H groups in total. The molecule has 1 amide bonds. The lowest BCUT2D eigenvalue weighted by Crippen LogP contribution is -2.37. The number of rotatable bonds is 9. The second-order valence-electron chi connectivity index (χ2n) is 7.86. The Kier molecular flexibility index (Phi) is 7.76. The highest BCUT2D eigenvalue weighted by atomic mass is 32.1. The maximum atomic E-state index is 13.6. The number of nitrogens with one attached hydrogen (secondary N) is 1. The number of thiophene rings is 1. The van der Waals surface area contributed by atoms with Gasteiger partial charge in [-0.15, -0.1) is 11.3 Å². The summed E-state index contributed by atoms with van der Waals surface area (Å²) in [5, 5.41) is 3.49. The smallest absolute Gasteiger partial charge is 0.263 e. The summed E-state index contributed by atoms with van der Waals surface area (Å²) in [4.78, 5) is 35.7. The van der Waals surface area contributed by atoms with Crippen molar-refractivity contribution in [3.8, 4) is 11.5 Å². The molecule has 1 unspecified atom stereocenters. The van der Waals surface area contributed by atoms with Crippen molar-refractivity contribution < 1.29 is 14.3 Å². The Balaban J connectivity index is 2.04. The third-order valence-electron chi connectivity index (χ3n) is 5.99. The van der Waals surface area contributed by atoms with E-state index in [0.717, 1.165) is 28.4 Å². The first-order valence-corrected chi connectivity index (χ1v) is 11.8. The standard InChI is InChI=1S/C24H32N4O4S/c1-8-27(9-2)13-20-26-23-21(14(3)16(5)33-23)24(30)28(20)15(4)22(29)25-17-10-11-18(31-6)19(12-17)32-7/h10-12,15H,8-9,13H2,1-7H3,(H,25,29). The lowest BCUT2D eigenvalue weighted by molar-refractivity contribution is -0.119. The summed E-state index contributed by atoms with van der Waals surface area (Å²) in [5.41, 5.74) is 1.29. The van der Waals surface area contributed by atoms with Crippen LogP contribution in [-0.2, 0) is 11.3 Å². The van der Waals surface area contributed by atoms with Gasteiger partial charge in [-0.1, -0.05) is 13.8 Å². The van der Waals surface area contributed by atoms with E-state index in [9.17, 15) is 9.59 Å². The van der Waals surface area contributed by atoms with E-state index in [1.54, 1.807) is 32.2 Å². The number of methoxy groups -OCH3 is 2. The number of aryl methyl sites for hydroxylation is 2. The lowest BCUT2D eigenvalue weighted by Gasteiger charge is -2.23. The summed E-state index contributed by atoms with van der Waals surface area (Å²) in [7, 11) is 3.09. The number of nitrogens with zero attached hydrogens (tertiary/aromatic N) is 3. The summed E-state index contributed by atoms with van der Waals surface area (Å²) in [6, 6.07) is 4.39. The molecule has 8 nitrogen and oxygen atoms in total. The summed E-state index contributed by atoms with van der Waals surface area (Å²) in [6.45, 7) is 11.9. The first-order valence-electron chi connectivity index (χ1n) is 11.0. The molecular weight excluding hydrogens is 440 g/mol. The van der Waals surface area contributed by atoms with Crippen molar-refractivity contribution in [2.75, 3.05) is 32.6 Å². The molecule has 3 rings (SSSR count). The zero-order chi connectivity index (χ0) is 24.3. The Bertz CT molecular complexity index is 1210. The van der Waals surface area contributed by atoms with E-state index in [1.165, 1.54) is 23.0 Å². The maximum Gasteiger partial charge on any atom is 0.263 e. The molecule has 0 aliphatic carbocycles. The van der Waals surface area contributed by atoms with Gasteiger partial charge in [-0.05, 0) is 51.6 Å². The number of carbonyl (C=O) groups excluding carboxylic acids is 1. The minimum atomic E-state index is -0.757. The average molecular weight is 473 g/mol. The number of anilines is 1. The molecular formula is C24H32N4O4S. The maximum absolute atomic E-state index is 13.6. The van der Waals surface area contributed by atoms with E-state index in [1.807, 2.05) is 13.8 Å². The van der Waals surface area contributed by atoms with Crippen LogP contribution in [0.2, 0.25) is 0 Å². The van der Waals surface area contributed by atoms with Gasteiger partial charge in [0.25, 0.3) is 5.56 Å². The number of fused-ring (bicyclic) bond motifs is 1. The van der Waals surface area contributed by atoms with E-state index < -0.39 is 6.04 Å². The van der Waals surface area contributed by atoms with Gasteiger partial charge in [-0.2, -0.15) is 0 Å². The molecule has 1 atom stereocenters. The minimum Gasteiger partial charge on any atom is -0.493 e. The van der Waals surface area contributed by atoms with Crippen LogP contribution in [-0.4, -0.2) is 47.7 Å². The third kappa shape index (κ3) is 4.89. The van der Waals surface area contributed by atoms with Crippen molar-refractivity contribution in [3.63, 3.8) is 0 Å². The van der Waals surface area contributed by atoms with Crippen LogP contribution < -0.4 is 20.3 Å². The highest BCUT2D eigenvalue weighted by Crippen LogP contribution is 2.30. The van der Waals surface area contributed by atoms with Crippen LogP contribution in [0.4, 0.5) is 5.69 Å². The van der Waals surface area contributed by atoms with Crippen LogP contribution in [0.25, 0.3) is 10.2 Å². The van der Waals surface area contributed by atoms with Gasteiger partial charge >= 0.3 is 0 Å². The predicted octanol–water partition coefficient (Wildman–Crippen LogP) is 4.13. The Hall–Kier alpha value is -2.91. The average Bonchev–Trinajstić information content (AvgIpc) is 3.10. The SMILES string of the molecule is CCN(CC)Cc1nc2sc(C)c(C)c2c(=O)n1C(C)C(=O)Nc1ccc(OC)c(OC)c1. The summed E-state index contributed by atoms with van der Waals surface area (Å²) in [6.07, 6.45) is 0. The molecule has 2 aromatic heterocycles. The first kappa shape index (κ1) is 24.7. The second kappa shape index (κ2) is 10.4. The quantitative estimate of drug-likeness (QED) is 0.504. The van der Waals surface area contributed by atoms with Gasteiger partial charge in [0.2, 0.25) is 5.91 Å². The fourth-order valence-corrected chi connectivity index (χ4v) is 4.82. The predicted molar refractivity (Wildman–Crippen MR) is 133 cm³/mol. The Morgan fingerprint density at radius 1 is 1.18 bits per heavy atom. The minimum absolute atomic E-state index is 0.182. The number of benzene rings is 1. The molecule has 0 spiro atoms. The van der Waals surface area contributed by atoms with Crippen molar-refractivity contribution >= 4 is 33.1 Å². The second-order valence-corrected chi connectivity index (χ2v) is 9.07. The van der Waals surface area contributed by atoms with Gasteiger partial charge in [0.15, 0.2) is 11.5 Å². The molecule has 0 bridgehead atoms. The molecule has 0 saturated heterocycles. The molecule has 0 aliphatic heterocycles. The van der Waals surface area contributed by atoms with Gasteiger partial charge in [0, 0.05) is 16.6 Å². The number of hydrogen-bond acceptors (Lipinski definition) is 7. The highest BCUT2D eigenvalue weighted by Gasteiger charge is 2.25. The summed E-state index contributed by atoms with van der Waals surface area (Å²) < 4.78 is 12.1. The topological polar surface area (TPSA) is 85.7 Å². The normalized spacial score (nSPS) is 12.2. The van der Waals surface area contributed by atoms with Crippen molar-refractivity contribution in [2.45, 2.75) is 47.2 Å². The molecule has 0 radical (unpaired) electrons. The number of ether oxygens (including phenoxy) is 2. The van der Waals surface area contributed by atoms with Crippen molar-refractivity contribution in [3.05, 3.63) is 44.8 Å². The van der Waals surface area contributed by atoms with Crippen LogP contribution >= 0.6 is 11.3 Å². The van der Waals surface area contributed by atoms with E-state index >= 15 is 0 Å². The van der Waals surface area contributed by atoms with Crippen molar-refractivity contribution in [1.29, 1.82) is 0 Å².